The van der Waals surface area contributed by atoms with E-state index in [9.17, 15) is 14.3 Å². The summed E-state index contributed by atoms with van der Waals surface area (Å²) in [7, 11) is 1.57. The van der Waals surface area contributed by atoms with Crippen molar-refractivity contribution in [3.8, 4) is 17.4 Å². The van der Waals surface area contributed by atoms with E-state index in [0.29, 0.717) is 47.0 Å². The van der Waals surface area contributed by atoms with Crippen LogP contribution in [-0.2, 0) is 16.0 Å². The molecule has 1 aliphatic heterocycles. The highest BCUT2D eigenvalue weighted by atomic mass is 19.1. The maximum atomic E-state index is 15.1. The first kappa shape index (κ1) is 28.0. The standard InChI is InChI=1S/C31H27F2N3O5/c1-18-29(20-4-6-21(32)7-5-20)31(38)22(17-35-18)25(37)16-19-3-9-26(23(33)15-19)41-27-11-12-34-24-8-10-28(36-30(24)27)40-14-13-39-2/h3-12,15,17,29,31,38H,13-14,16H2,1-2H3. The summed E-state index contributed by atoms with van der Waals surface area (Å²) in [6.07, 6.45) is 1.54. The van der Waals surface area contributed by atoms with E-state index in [2.05, 4.69) is 15.0 Å². The summed E-state index contributed by atoms with van der Waals surface area (Å²) >= 11 is 0. The molecular weight excluding hydrogens is 532 g/mol. The lowest BCUT2D eigenvalue weighted by atomic mass is 9.82. The Morgan fingerprint density at radius 2 is 1.80 bits per heavy atom. The average Bonchev–Trinajstić information content (AvgIpc) is 2.96. The number of aromatic nitrogens is 2. The molecule has 2 aromatic heterocycles. The molecule has 0 saturated carbocycles. The Kier molecular flexibility index (Phi) is 8.42. The molecule has 10 heteroatoms. The van der Waals surface area contributed by atoms with E-state index in [0.717, 1.165) is 0 Å². The average molecular weight is 560 g/mol. The second-order valence-electron chi connectivity index (χ2n) is 9.46. The minimum atomic E-state index is -1.17. The molecule has 1 N–H and O–H groups in total. The number of ketones is 1. The van der Waals surface area contributed by atoms with Gasteiger partial charge in [-0.3, -0.25) is 14.8 Å². The van der Waals surface area contributed by atoms with Crippen LogP contribution in [0.2, 0.25) is 0 Å². The summed E-state index contributed by atoms with van der Waals surface area (Å²) in [6.45, 7) is 2.45. The van der Waals surface area contributed by atoms with Gasteiger partial charge in [-0.2, -0.15) is 0 Å². The molecule has 2 atom stereocenters. The SMILES string of the molecule is COCCOc1ccc2nccc(Oc3ccc(CC(=O)C4=CN=C(C)C(c5ccc(F)cc5)C4O)cc3F)c2n1. The smallest absolute Gasteiger partial charge is 0.214 e. The van der Waals surface area contributed by atoms with Gasteiger partial charge in [-0.25, -0.2) is 13.8 Å². The van der Waals surface area contributed by atoms with Gasteiger partial charge in [0.1, 0.15) is 17.9 Å². The molecule has 210 valence electrons. The monoisotopic (exact) mass is 559 g/mol. The molecule has 0 aliphatic carbocycles. The molecule has 0 amide bonds. The van der Waals surface area contributed by atoms with Crippen LogP contribution < -0.4 is 9.47 Å². The minimum absolute atomic E-state index is 0.0604. The Bertz CT molecular complexity index is 1640. The number of hydrogen-bond acceptors (Lipinski definition) is 8. The zero-order valence-electron chi connectivity index (χ0n) is 22.4. The predicted octanol–water partition coefficient (Wildman–Crippen LogP) is 5.34. The molecule has 2 aromatic carbocycles. The molecule has 41 heavy (non-hydrogen) atoms. The van der Waals surface area contributed by atoms with Crippen molar-refractivity contribution in [2.24, 2.45) is 4.99 Å². The summed E-state index contributed by atoms with van der Waals surface area (Å²) in [4.78, 5) is 26.1. The minimum Gasteiger partial charge on any atom is -0.475 e. The van der Waals surface area contributed by atoms with Crippen LogP contribution in [0.25, 0.3) is 11.0 Å². The van der Waals surface area contributed by atoms with Crippen molar-refractivity contribution in [1.82, 2.24) is 9.97 Å². The molecule has 0 saturated heterocycles. The highest BCUT2D eigenvalue weighted by Gasteiger charge is 2.33. The number of pyridine rings is 2. The number of aliphatic hydroxyl groups is 1. The summed E-state index contributed by atoms with van der Waals surface area (Å²) in [5, 5.41) is 11.0. The first-order chi connectivity index (χ1) is 19.8. The molecule has 0 fully saturated rings. The number of Topliss-reactive ketones (excluding diaryl/α,β-unsaturated/α-hetero) is 1. The van der Waals surface area contributed by atoms with Gasteiger partial charge in [0.05, 0.1) is 24.1 Å². The van der Waals surface area contributed by atoms with Crippen LogP contribution in [0.5, 0.6) is 17.4 Å². The van der Waals surface area contributed by atoms with Gasteiger partial charge in [-0.05, 0) is 48.4 Å². The summed E-state index contributed by atoms with van der Waals surface area (Å²) < 4.78 is 44.9. The fourth-order valence-corrected chi connectivity index (χ4v) is 4.59. The van der Waals surface area contributed by atoms with Crippen molar-refractivity contribution in [1.29, 1.82) is 0 Å². The predicted molar refractivity (Wildman–Crippen MR) is 148 cm³/mol. The Labute approximate surface area is 235 Å². The van der Waals surface area contributed by atoms with Crippen molar-refractivity contribution in [3.63, 3.8) is 0 Å². The van der Waals surface area contributed by atoms with E-state index in [-0.39, 0.29) is 23.5 Å². The topological polar surface area (TPSA) is 103 Å². The fraction of sp³-hybridized carbons (Fsp3) is 0.226. The van der Waals surface area contributed by atoms with E-state index in [1.807, 2.05) is 0 Å². The largest absolute Gasteiger partial charge is 0.475 e. The van der Waals surface area contributed by atoms with Gasteiger partial charge in [-0.1, -0.05) is 18.2 Å². The quantitative estimate of drug-likeness (QED) is 0.262. The third-order valence-electron chi connectivity index (χ3n) is 6.68. The van der Waals surface area contributed by atoms with E-state index in [1.165, 1.54) is 36.7 Å². The van der Waals surface area contributed by atoms with Crippen molar-refractivity contribution < 1.29 is 32.9 Å². The van der Waals surface area contributed by atoms with E-state index in [4.69, 9.17) is 14.2 Å². The number of halogens is 2. The van der Waals surface area contributed by atoms with Gasteiger partial charge in [0.25, 0.3) is 0 Å². The number of carbonyl (C=O) groups excluding carboxylic acids is 1. The van der Waals surface area contributed by atoms with Crippen LogP contribution in [0.3, 0.4) is 0 Å². The van der Waals surface area contributed by atoms with Crippen LogP contribution in [0, 0.1) is 11.6 Å². The van der Waals surface area contributed by atoms with Gasteiger partial charge in [0.15, 0.2) is 23.1 Å². The third-order valence-corrected chi connectivity index (χ3v) is 6.68. The summed E-state index contributed by atoms with van der Waals surface area (Å²) in [6, 6.07) is 14.9. The second-order valence-corrected chi connectivity index (χ2v) is 9.46. The molecule has 0 radical (unpaired) electrons. The molecule has 8 nitrogen and oxygen atoms in total. The molecule has 3 heterocycles. The Hall–Kier alpha value is -4.54. The third kappa shape index (κ3) is 6.29. The van der Waals surface area contributed by atoms with E-state index >= 15 is 4.39 Å². The van der Waals surface area contributed by atoms with Crippen LogP contribution in [0.4, 0.5) is 8.78 Å². The maximum absolute atomic E-state index is 15.1. The zero-order chi connectivity index (χ0) is 28.9. The van der Waals surface area contributed by atoms with Gasteiger partial charge < -0.3 is 19.3 Å². The number of rotatable bonds is 10. The van der Waals surface area contributed by atoms with Crippen molar-refractivity contribution in [2.75, 3.05) is 20.3 Å². The van der Waals surface area contributed by atoms with Gasteiger partial charge >= 0.3 is 0 Å². The molecule has 0 spiro atoms. The lowest BCUT2D eigenvalue weighted by Crippen LogP contribution is -2.32. The highest BCUT2D eigenvalue weighted by Crippen LogP contribution is 2.33. The number of benzene rings is 2. The van der Waals surface area contributed by atoms with Crippen molar-refractivity contribution in [3.05, 3.63) is 101 Å². The number of fused-ring (bicyclic) bond motifs is 1. The summed E-state index contributed by atoms with van der Waals surface area (Å²) in [5.41, 5.74) is 2.66. The second kappa shape index (κ2) is 12.3. The highest BCUT2D eigenvalue weighted by molar-refractivity contribution is 6.02. The van der Waals surface area contributed by atoms with Gasteiger partial charge in [-0.15, -0.1) is 0 Å². The normalized spacial score (nSPS) is 16.7. The van der Waals surface area contributed by atoms with Gasteiger partial charge in [0.2, 0.25) is 5.88 Å². The van der Waals surface area contributed by atoms with E-state index < -0.39 is 29.4 Å². The summed E-state index contributed by atoms with van der Waals surface area (Å²) in [5.74, 6) is -1.51. The molecule has 4 aromatic rings. The Morgan fingerprint density at radius 3 is 2.56 bits per heavy atom. The van der Waals surface area contributed by atoms with Gasteiger partial charge in [0, 0.05) is 49.3 Å². The van der Waals surface area contributed by atoms with Crippen LogP contribution in [-0.4, -0.2) is 53.0 Å². The van der Waals surface area contributed by atoms with Crippen LogP contribution >= 0.6 is 0 Å². The molecule has 2 unspecified atom stereocenters. The molecular formula is C31H27F2N3O5. The van der Waals surface area contributed by atoms with E-state index in [1.54, 1.807) is 50.4 Å². The number of nitrogens with zero attached hydrogens (tertiary/aromatic N) is 3. The first-order valence-corrected chi connectivity index (χ1v) is 12.9. The number of aliphatic hydroxyl groups excluding tert-OH is 1. The van der Waals surface area contributed by atoms with Crippen LogP contribution in [0.1, 0.15) is 24.0 Å². The first-order valence-electron chi connectivity index (χ1n) is 12.9. The maximum Gasteiger partial charge on any atom is 0.214 e. The number of hydrogen-bond donors (Lipinski definition) is 1. The van der Waals surface area contributed by atoms with Crippen LogP contribution in [0.15, 0.2) is 83.6 Å². The lowest BCUT2D eigenvalue weighted by molar-refractivity contribution is -0.116. The number of ether oxygens (including phenoxy) is 3. The molecule has 1 aliphatic rings. The zero-order valence-corrected chi connectivity index (χ0v) is 22.4. The van der Waals surface area contributed by atoms with Crippen molar-refractivity contribution in [2.45, 2.75) is 25.4 Å². The Morgan fingerprint density at radius 1 is 1.00 bits per heavy atom. The van der Waals surface area contributed by atoms with Crippen molar-refractivity contribution >= 4 is 22.5 Å². The number of methoxy groups -OCH3 is 1. The molecule has 0 bridgehead atoms. The molecule has 5 rings (SSSR count). The number of aliphatic imine (C=N–C) groups is 1. The lowest BCUT2D eigenvalue weighted by Gasteiger charge is -2.27. The number of carbonyl (C=O) groups is 1. The Balaban J connectivity index is 1.31. The fourth-order valence-electron chi connectivity index (χ4n) is 4.59.